The van der Waals surface area contributed by atoms with Gasteiger partial charge in [-0.05, 0) is 58.5 Å². The zero-order valence-corrected chi connectivity index (χ0v) is 12.7. The average molecular weight is 280 g/mol. The molecule has 2 nitrogen and oxygen atoms in total. The monoisotopic (exact) mass is 280 g/mol. The van der Waals surface area contributed by atoms with Crippen LogP contribution in [-0.2, 0) is 0 Å². The Kier molecular flexibility index (Phi) is 3.46. The largest absolute Gasteiger partial charge is 0.508 e. The van der Waals surface area contributed by atoms with Crippen molar-refractivity contribution in [2.45, 2.75) is 26.2 Å². The van der Waals surface area contributed by atoms with Crippen molar-refractivity contribution in [2.75, 3.05) is 7.11 Å². The highest BCUT2D eigenvalue weighted by atomic mass is 16.5. The van der Waals surface area contributed by atoms with Crippen LogP contribution in [0.25, 0.3) is 11.1 Å². The lowest BCUT2D eigenvalue weighted by atomic mass is 9.92. The van der Waals surface area contributed by atoms with Gasteiger partial charge in [-0.25, -0.2) is 0 Å². The van der Waals surface area contributed by atoms with Crippen LogP contribution < -0.4 is 4.74 Å². The van der Waals surface area contributed by atoms with Gasteiger partial charge in [-0.2, -0.15) is 0 Å². The van der Waals surface area contributed by atoms with E-state index in [9.17, 15) is 5.11 Å². The van der Waals surface area contributed by atoms with Crippen molar-refractivity contribution < 1.29 is 9.84 Å². The van der Waals surface area contributed by atoms with Crippen LogP contribution in [0.3, 0.4) is 0 Å². The minimum atomic E-state index is 0.308. The van der Waals surface area contributed by atoms with Gasteiger partial charge < -0.3 is 9.84 Å². The van der Waals surface area contributed by atoms with Crippen LogP contribution in [-0.4, -0.2) is 12.2 Å². The van der Waals surface area contributed by atoms with Gasteiger partial charge >= 0.3 is 0 Å². The molecular formula is C19H20O2. The van der Waals surface area contributed by atoms with Gasteiger partial charge in [-0.3, -0.25) is 0 Å². The van der Waals surface area contributed by atoms with E-state index in [1.165, 1.54) is 27.8 Å². The van der Waals surface area contributed by atoms with E-state index in [0.717, 1.165) is 12.2 Å². The summed E-state index contributed by atoms with van der Waals surface area (Å²) in [5.74, 6) is 1.56. The van der Waals surface area contributed by atoms with E-state index < -0.39 is 0 Å². The normalized spacial score (nSPS) is 17.0. The first-order valence-electron chi connectivity index (χ1n) is 7.36. The quantitative estimate of drug-likeness (QED) is 0.871. The fourth-order valence-corrected chi connectivity index (χ4v) is 3.31. The molecule has 0 bridgehead atoms. The number of methoxy groups -OCH3 is 1. The first-order valence-corrected chi connectivity index (χ1v) is 7.36. The molecule has 2 heteroatoms. The maximum atomic E-state index is 9.50. The number of fused-ring (bicyclic) bond motifs is 1. The number of benzene rings is 2. The molecule has 1 aliphatic rings. The summed E-state index contributed by atoms with van der Waals surface area (Å²) < 4.78 is 5.36. The molecule has 0 heterocycles. The first kappa shape index (κ1) is 13.7. The lowest BCUT2D eigenvalue weighted by molar-refractivity contribution is 0.414. The standard InChI is InChI=1S/C19H20O2/c1-4-16-17-10-9-15(21-3)11-18(17)12(2)19(16)13-5-7-14(20)8-6-13/h5-12,20H,4H2,1-3H3. The Labute approximate surface area is 125 Å². The van der Waals surface area contributed by atoms with Crippen molar-refractivity contribution in [2.24, 2.45) is 0 Å². The second-order valence-corrected chi connectivity index (χ2v) is 5.47. The highest BCUT2D eigenvalue weighted by Crippen LogP contribution is 2.48. The van der Waals surface area contributed by atoms with Crippen LogP contribution in [0, 0.1) is 0 Å². The molecule has 0 amide bonds. The molecule has 21 heavy (non-hydrogen) atoms. The Morgan fingerprint density at radius 3 is 2.43 bits per heavy atom. The van der Waals surface area contributed by atoms with Crippen molar-refractivity contribution >= 4 is 11.1 Å². The Balaban J connectivity index is 2.14. The second kappa shape index (κ2) is 5.28. The summed E-state index contributed by atoms with van der Waals surface area (Å²) in [6, 6.07) is 13.8. The number of phenols is 1. The van der Waals surface area contributed by atoms with E-state index in [0.29, 0.717) is 11.7 Å². The summed E-state index contributed by atoms with van der Waals surface area (Å²) >= 11 is 0. The summed E-state index contributed by atoms with van der Waals surface area (Å²) in [6.45, 7) is 4.44. The predicted molar refractivity (Wildman–Crippen MR) is 86.6 cm³/mol. The van der Waals surface area contributed by atoms with Crippen molar-refractivity contribution in [3.63, 3.8) is 0 Å². The Morgan fingerprint density at radius 2 is 1.81 bits per heavy atom. The average Bonchev–Trinajstić information content (AvgIpc) is 2.80. The Bertz CT molecular complexity index is 696. The zero-order valence-electron chi connectivity index (χ0n) is 12.7. The van der Waals surface area contributed by atoms with Gasteiger partial charge in [0.2, 0.25) is 0 Å². The van der Waals surface area contributed by atoms with Crippen molar-refractivity contribution in [1.82, 2.24) is 0 Å². The molecule has 0 aromatic heterocycles. The van der Waals surface area contributed by atoms with Crippen LogP contribution in [0.2, 0.25) is 0 Å². The van der Waals surface area contributed by atoms with Gasteiger partial charge in [-0.15, -0.1) is 0 Å². The van der Waals surface area contributed by atoms with E-state index in [1.807, 2.05) is 18.2 Å². The zero-order chi connectivity index (χ0) is 15.0. The fourth-order valence-electron chi connectivity index (χ4n) is 3.31. The van der Waals surface area contributed by atoms with E-state index in [2.05, 4.69) is 26.0 Å². The molecule has 0 radical (unpaired) electrons. The molecule has 2 aromatic rings. The molecule has 1 atom stereocenters. The topological polar surface area (TPSA) is 29.5 Å². The van der Waals surface area contributed by atoms with E-state index in [-0.39, 0.29) is 0 Å². The van der Waals surface area contributed by atoms with Crippen LogP contribution in [0.15, 0.2) is 42.5 Å². The van der Waals surface area contributed by atoms with Crippen molar-refractivity contribution in [3.8, 4) is 11.5 Å². The molecule has 0 spiro atoms. The molecular weight excluding hydrogens is 260 g/mol. The highest BCUT2D eigenvalue weighted by molar-refractivity contribution is 5.99. The van der Waals surface area contributed by atoms with Crippen molar-refractivity contribution in [3.05, 3.63) is 59.2 Å². The van der Waals surface area contributed by atoms with Gasteiger partial charge in [0, 0.05) is 5.92 Å². The van der Waals surface area contributed by atoms with Gasteiger partial charge in [0.1, 0.15) is 11.5 Å². The van der Waals surface area contributed by atoms with Crippen LogP contribution in [0.5, 0.6) is 11.5 Å². The smallest absolute Gasteiger partial charge is 0.119 e. The van der Waals surface area contributed by atoms with Gasteiger partial charge in [-0.1, -0.05) is 32.0 Å². The molecule has 3 rings (SSSR count). The van der Waals surface area contributed by atoms with Crippen LogP contribution in [0.1, 0.15) is 42.9 Å². The number of hydrogen-bond donors (Lipinski definition) is 1. The summed E-state index contributed by atoms with van der Waals surface area (Å²) in [5, 5.41) is 9.50. The SMILES string of the molecule is CCC1=C(c2ccc(O)cc2)C(C)c2cc(OC)ccc21. The third kappa shape index (κ3) is 2.21. The highest BCUT2D eigenvalue weighted by Gasteiger charge is 2.28. The molecule has 0 saturated heterocycles. The Morgan fingerprint density at radius 1 is 1.10 bits per heavy atom. The predicted octanol–water partition coefficient (Wildman–Crippen LogP) is 4.84. The van der Waals surface area contributed by atoms with Gasteiger partial charge in [0.05, 0.1) is 7.11 Å². The number of hydrogen-bond acceptors (Lipinski definition) is 2. The summed E-state index contributed by atoms with van der Waals surface area (Å²) in [4.78, 5) is 0. The summed E-state index contributed by atoms with van der Waals surface area (Å²) in [5.41, 5.74) is 6.60. The summed E-state index contributed by atoms with van der Waals surface area (Å²) in [7, 11) is 1.70. The lowest BCUT2D eigenvalue weighted by Crippen LogP contribution is -1.94. The molecule has 0 aliphatic heterocycles. The maximum Gasteiger partial charge on any atom is 0.119 e. The minimum Gasteiger partial charge on any atom is -0.508 e. The van der Waals surface area contributed by atoms with E-state index in [4.69, 9.17) is 4.74 Å². The van der Waals surface area contributed by atoms with Gasteiger partial charge in [0.25, 0.3) is 0 Å². The van der Waals surface area contributed by atoms with Crippen LogP contribution >= 0.6 is 0 Å². The number of phenolic OH excluding ortho intramolecular Hbond substituents is 1. The van der Waals surface area contributed by atoms with E-state index >= 15 is 0 Å². The first-order chi connectivity index (χ1) is 10.2. The number of rotatable bonds is 3. The lowest BCUT2D eigenvalue weighted by Gasteiger charge is -2.13. The third-order valence-electron chi connectivity index (χ3n) is 4.34. The van der Waals surface area contributed by atoms with Gasteiger partial charge in [0.15, 0.2) is 0 Å². The van der Waals surface area contributed by atoms with Crippen molar-refractivity contribution in [1.29, 1.82) is 0 Å². The molecule has 1 unspecified atom stereocenters. The van der Waals surface area contributed by atoms with E-state index in [1.54, 1.807) is 19.2 Å². The number of aromatic hydroxyl groups is 1. The third-order valence-corrected chi connectivity index (χ3v) is 4.34. The molecule has 0 fully saturated rings. The molecule has 0 saturated carbocycles. The van der Waals surface area contributed by atoms with Crippen LogP contribution in [0.4, 0.5) is 0 Å². The molecule has 2 aromatic carbocycles. The fraction of sp³-hybridized carbons (Fsp3) is 0.263. The number of ether oxygens (including phenoxy) is 1. The Hall–Kier alpha value is -2.22. The number of allylic oxidation sites excluding steroid dienone is 2. The molecule has 1 aliphatic carbocycles. The summed E-state index contributed by atoms with van der Waals surface area (Å²) in [6.07, 6.45) is 1.000. The molecule has 108 valence electrons. The minimum absolute atomic E-state index is 0.308. The maximum absolute atomic E-state index is 9.50. The molecule has 1 N–H and O–H groups in total. The second-order valence-electron chi connectivity index (χ2n) is 5.47.